The van der Waals surface area contributed by atoms with Crippen molar-refractivity contribution in [1.82, 2.24) is 9.97 Å². The van der Waals surface area contributed by atoms with E-state index in [1.165, 1.54) is 16.9 Å². The molecular weight excluding hydrogens is 334 g/mol. The number of fused-ring (bicyclic) bond motifs is 1. The van der Waals surface area contributed by atoms with Crippen molar-refractivity contribution in [3.05, 3.63) is 40.5 Å². The zero-order chi connectivity index (χ0) is 16.6. The fourth-order valence-electron chi connectivity index (χ4n) is 2.23. The average molecular weight is 348 g/mol. The number of anilines is 1. The Morgan fingerprint density at radius 2 is 2.00 bits per heavy atom. The van der Waals surface area contributed by atoms with Crippen LogP contribution < -0.4 is 5.32 Å². The third-order valence-electron chi connectivity index (χ3n) is 3.49. The second-order valence-electron chi connectivity index (χ2n) is 5.24. The Bertz CT molecular complexity index is 877. The number of rotatable bonds is 4. The summed E-state index contributed by atoms with van der Waals surface area (Å²) in [5.74, 6) is -0.522. The summed E-state index contributed by atoms with van der Waals surface area (Å²) < 4.78 is 0. The number of aromatic nitrogens is 2. The quantitative estimate of drug-likeness (QED) is 0.691. The fourth-order valence-corrected chi connectivity index (χ4v) is 3.40. The number of hydrogen-bond acceptors (Lipinski definition) is 5. The number of aryl methyl sites for hydroxylation is 1. The second-order valence-corrected chi connectivity index (χ2v) is 6.44. The summed E-state index contributed by atoms with van der Waals surface area (Å²) in [6, 6.07) is 7.33. The van der Waals surface area contributed by atoms with Gasteiger partial charge in [-0.05, 0) is 31.0 Å². The number of benzene rings is 1. The molecule has 0 fully saturated rings. The monoisotopic (exact) mass is 347 g/mol. The SMILES string of the molecule is Cc1ccc(-c2csc3nc(Cl)nc(NC(C)C(=O)O)c23)cc1. The van der Waals surface area contributed by atoms with Crippen LogP contribution in [-0.2, 0) is 4.79 Å². The van der Waals surface area contributed by atoms with Crippen molar-refractivity contribution in [3.8, 4) is 11.1 Å². The normalized spacial score (nSPS) is 12.3. The Labute approximate surface area is 142 Å². The molecule has 1 unspecified atom stereocenters. The highest BCUT2D eigenvalue weighted by Gasteiger charge is 2.18. The molecule has 0 aliphatic heterocycles. The highest BCUT2D eigenvalue weighted by atomic mass is 35.5. The highest BCUT2D eigenvalue weighted by Crippen LogP contribution is 2.37. The molecular formula is C16H14ClN3O2S. The van der Waals surface area contributed by atoms with Gasteiger partial charge in [0.25, 0.3) is 0 Å². The van der Waals surface area contributed by atoms with Gasteiger partial charge >= 0.3 is 5.97 Å². The van der Waals surface area contributed by atoms with Crippen LogP contribution >= 0.6 is 22.9 Å². The van der Waals surface area contributed by atoms with Crippen LogP contribution in [0.15, 0.2) is 29.6 Å². The summed E-state index contributed by atoms with van der Waals surface area (Å²) in [7, 11) is 0. The molecule has 2 aromatic heterocycles. The summed E-state index contributed by atoms with van der Waals surface area (Å²) >= 11 is 7.41. The zero-order valence-corrected chi connectivity index (χ0v) is 14.1. The van der Waals surface area contributed by atoms with Gasteiger partial charge in [-0.1, -0.05) is 29.8 Å². The Morgan fingerprint density at radius 3 is 2.65 bits per heavy atom. The summed E-state index contributed by atoms with van der Waals surface area (Å²) in [6.07, 6.45) is 0. The number of halogens is 1. The number of carboxylic acids is 1. The smallest absolute Gasteiger partial charge is 0.325 e. The van der Waals surface area contributed by atoms with Gasteiger partial charge < -0.3 is 10.4 Å². The summed E-state index contributed by atoms with van der Waals surface area (Å²) in [5, 5.41) is 14.9. The number of carbonyl (C=O) groups is 1. The second kappa shape index (κ2) is 6.14. The van der Waals surface area contributed by atoms with E-state index in [4.69, 9.17) is 16.7 Å². The van der Waals surface area contributed by atoms with Gasteiger partial charge in [-0.15, -0.1) is 11.3 Å². The summed E-state index contributed by atoms with van der Waals surface area (Å²) in [5.41, 5.74) is 3.16. The number of thiophene rings is 1. The number of nitrogens with one attached hydrogen (secondary N) is 1. The van der Waals surface area contributed by atoms with Gasteiger partial charge in [0.2, 0.25) is 5.28 Å². The van der Waals surface area contributed by atoms with Crippen molar-refractivity contribution in [3.63, 3.8) is 0 Å². The Kier molecular flexibility index (Phi) is 4.19. The first-order valence-electron chi connectivity index (χ1n) is 6.97. The van der Waals surface area contributed by atoms with Crippen molar-refractivity contribution >= 4 is 44.9 Å². The molecule has 0 spiro atoms. The minimum atomic E-state index is -0.958. The van der Waals surface area contributed by atoms with E-state index >= 15 is 0 Å². The van der Waals surface area contributed by atoms with Gasteiger partial charge in [0.1, 0.15) is 16.7 Å². The lowest BCUT2D eigenvalue weighted by Crippen LogP contribution is -2.26. The standard InChI is InChI=1S/C16H14ClN3O2S/c1-8-3-5-10(6-4-8)11-7-23-14-12(11)13(19-16(17)20-14)18-9(2)15(21)22/h3-7,9H,1-2H3,(H,21,22)(H,18,19,20). The van der Waals surface area contributed by atoms with Crippen LogP contribution in [-0.4, -0.2) is 27.1 Å². The third kappa shape index (κ3) is 3.13. The van der Waals surface area contributed by atoms with Gasteiger partial charge in [0, 0.05) is 10.9 Å². The lowest BCUT2D eigenvalue weighted by molar-refractivity contribution is -0.137. The molecule has 3 rings (SSSR count). The first-order chi connectivity index (χ1) is 11.0. The first-order valence-corrected chi connectivity index (χ1v) is 8.22. The molecule has 0 saturated carbocycles. The Balaban J connectivity index is 2.16. The predicted octanol–water partition coefficient (Wildman–Crippen LogP) is 4.21. The van der Waals surface area contributed by atoms with E-state index < -0.39 is 12.0 Å². The van der Waals surface area contributed by atoms with Crippen LogP contribution in [0.1, 0.15) is 12.5 Å². The lowest BCUT2D eigenvalue weighted by Gasteiger charge is -2.12. The summed E-state index contributed by atoms with van der Waals surface area (Å²) in [4.78, 5) is 20.3. The maximum Gasteiger partial charge on any atom is 0.325 e. The number of aliphatic carboxylic acids is 1. The molecule has 3 aromatic rings. The van der Waals surface area contributed by atoms with E-state index in [-0.39, 0.29) is 5.28 Å². The molecule has 7 heteroatoms. The molecule has 23 heavy (non-hydrogen) atoms. The fraction of sp³-hybridized carbons (Fsp3) is 0.188. The van der Waals surface area contributed by atoms with E-state index in [1.807, 2.05) is 36.6 Å². The zero-order valence-electron chi connectivity index (χ0n) is 12.5. The minimum Gasteiger partial charge on any atom is -0.480 e. The van der Waals surface area contributed by atoms with Crippen LogP contribution in [0.5, 0.6) is 0 Å². The minimum absolute atomic E-state index is 0.0925. The van der Waals surface area contributed by atoms with Gasteiger partial charge in [-0.3, -0.25) is 4.79 Å². The molecule has 118 valence electrons. The third-order valence-corrected chi connectivity index (χ3v) is 4.53. The van der Waals surface area contributed by atoms with Crippen LogP contribution in [0.3, 0.4) is 0 Å². The molecule has 0 bridgehead atoms. The molecule has 5 nitrogen and oxygen atoms in total. The van der Waals surface area contributed by atoms with Crippen molar-refractivity contribution in [2.24, 2.45) is 0 Å². The molecule has 2 N–H and O–H groups in total. The number of carboxylic acid groups (broad SMARTS) is 1. The number of hydrogen-bond donors (Lipinski definition) is 2. The van der Waals surface area contributed by atoms with E-state index in [2.05, 4.69) is 15.3 Å². The largest absolute Gasteiger partial charge is 0.480 e. The van der Waals surface area contributed by atoms with Gasteiger partial charge in [-0.2, -0.15) is 0 Å². The molecule has 0 aliphatic rings. The Hall–Kier alpha value is -2.18. The van der Waals surface area contributed by atoms with E-state index in [0.717, 1.165) is 21.3 Å². The van der Waals surface area contributed by atoms with Gasteiger partial charge in [0.15, 0.2) is 0 Å². The lowest BCUT2D eigenvalue weighted by atomic mass is 10.0. The topological polar surface area (TPSA) is 75.1 Å². The maximum atomic E-state index is 11.1. The summed E-state index contributed by atoms with van der Waals surface area (Å²) in [6.45, 7) is 3.59. The predicted molar refractivity (Wildman–Crippen MR) is 93.3 cm³/mol. The van der Waals surface area contributed by atoms with E-state index in [1.54, 1.807) is 6.92 Å². The molecule has 1 aromatic carbocycles. The van der Waals surface area contributed by atoms with Crippen LogP contribution in [0.25, 0.3) is 21.3 Å². The highest BCUT2D eigenvalue weighted by molar-refractivity contribution is 7.17. The molecule has 0 saturated heterocycles. The van der Waals surface area contributed by atoms with E-state index in [0.29, 0.717) is 5.82 Å². The average Bonchev–Trinajstić information content (AvgIpc) is 2.91. The van der Waals surface area contributed by atoms with Crippen molar-refractivity contribution in [1.29, 1.82) is 0 Å². The van der Waals surface area contributed by atoms with Crippen molar-refractivity contribution in [2.75, 3.05) is 5.32 Å². The van der Waals surface area contributed by atoms with Gasteiger partial charge in [-0.25, -0.2) is 9.97 Å². The van der Waals surface area contributed by atoms with Crippen LogP contribution in [0.2, 0.25) is 5.28 Å². The molecule has 2 heterocycles. The van der Waals surface area contributed by atoms with E-state index in [9.17, 15) is 4.79 Å². The van der Waals surface area contributed by atoms with Crippen LogP contribution in [0, 0.1) is 6.92 Å². The van der Waals surface area contributed by atoms with Crippen LogP contribution in [0.4, 0.5) is 5.82 Å². The first kappa shape index (κ1) is 15.7. The molecule has 1 atom stereocenters. The Morgan fingerprint density at radius 1 is 1.30 bits per heavy atom. The molecule has 0 radical (unpaired) electrons. The molecule has 0 aliphatic carbocycles. The maximum absolute atomic E-state index is 11.1. The molecule has 0 amide bonds. The number of nitrogens with zero attached hydrogens (tertiary/aromatic N) is 2. The van der Waals surface area contributed by atoms with Crippen molar-refractivity contribution < 1.29 is 9.90 Å². The van der Waals surface area contributed by atoms with Gasteiger partial charge in [0.05, 0.1) is 5.39 Å². The van der Waals surface area contributed by atoms with Crippen molar-refractivity contribution in [2.45, 2.75) is 19.9 Å².